The number of benzene rings is 1. The van der Waals surface area contributed by atoms with Crippen molar-refractivity contribution < 1.29 is 9.90 Å². The summed E-state index contributed by atoms with van der Waals surface area (Å²) in [7, 11) is 0. The van der Waals surface area contributed by atoms with Crippen LogP contribution in [0.25, 0.3) is 0 Å². The standard InChI is InChI=1S/C15H24N2O2/c1-11(2)10-17(8-4-7-16)15(19)13-6-5-12(3)9-14(13)18/h5-6,9,11,18H,4,7-8,10,16H2,1-3H3. The molecule has 0 fully saturated rings. The molecule has 0 aliphatic heterocycles. The van der Waals surface area contributed by atoms with Gasteiger partial charge in [0, 0.05) is 13.1 Å². The van der Waals surface area contributed by atoms with Crippen LogP contribution >= 0.6 is 0 Å². The van der Waals surface area contributed by atoms with Crippen LogP contribution in [0.5, 0.6) is 5.75 Å². The van der Waals surface area contributed by atoms with Crippen molar-refractivity contribution in [3.05, 3.63) is 29.3 Å². The van der Waals surface area contributed by atoms with Crippen LogP contribution in [0.1, 0.15) is 36.2 Å². The smallest absolute Gasteiger partial charge is 0.257 e. The summed E-state index contributed by atoms with van der Waals surface area (Å²) in [6.45, 7) is 7.87. The van der Waals surface area contributed by atoms with Gasteiger partial charge in [-0.3, -0.25) is 4.79 Å². The summed E-state index contributed by atoms with van der Waals surface area (Å²) in [6.07, 6.45) is 0.769. The lowest BCUT2D eigenvalue weighted by atomic mass is 10.1. The Bertz CT molecular complexity index is 430. The Morgan fingerprint density at radius 2 is 2.11 bits per heavy atom. The zero-order chi connectivity index (χ0) is 14.4. The Balaban J connectivity index is 2.90. The number of nitrogens with zero attached hydrogens (tertiary/aromatic N) is 1. The molecule has 0 unspecified atom stereocenters. The minimum atomic E-state index is -0.125. The van der Waals surface area contributed by atoms with Gasteiger partial charge in [-0.2, -0.15) is 0 Å². The summed E-state index contributed by atoms with van der Waals surface area (Å²) in [6, 6.07) is 5.13. The van der Waals surface area contributed by atoms with Gasteiger partial charge in [0.05, 0.1) is 5.56 Å². The van der Waals surface area contributed by atoms with E-state index in [4.69, 9.17) is 5.73 Å². The van der Waals surface area contributed by atoms with Gasteiger partial charge in [0.2, 0.25) is 0 Å². The van der Waals surface area contributed by atoms with Crippen LogP contribution in [-0.4, -0.2) is 35.5 Å². The zero-order valence-corrected chi connectivity index (χ0v) is 12.0. The van der Waals surface area contributed by atoms with E-state index in [0.717, 1.165) is 12.0 Å². The lowest BCUT2D eigenvalue weighted by molar-refractivity contribution is 0.0732. The summed E-state index contributed by atoms with van der Waals surface area (Å²) < 4.78 is 0. The van der Waals surface area contributed by atoms with Crippen molar-refractivity contribution >= 4 is 5.91 Å². The molecular formula is C15H24N2O2. The summed E-state index contributed by atoms with van der Waals surface area (Å²) in [5, 5.41) is 9.90. The highest BCUT2D eigenvalue weighted by Crippen LogP contribution is 2.20. The second kappa shape index (κ2) is 7.14. The van der Waals surface area contributed by atoms with E-state index < -0.39 is 0 Å². The maximum Gasteiger partial charge on any atom is 0.257 e. The Kier molecular flexibility index (Phi) is 5.83. The van der Waals surface area contributed by atoms with E-state index in [1.807, 2.05) is 13.0 Å². The molecule has 0 spiro atoms. The van der Waals surface area contributed by atoms with E-state index in [9.17, 15) is 9.90 Å². The molecule has 0 saturated carbocycles. The zero-order valence-electron chi connectivity index (χ0n) is 12.0. The number of phenols is 1. The molecule has 0 aliphatic carbocycles. The molecule has 1 amide bonds. The van der Waals surface area contributed by atoms with Crippen molar-refractivity contribution in [2.75, 3.05) is 19.6 Å². The first-order valence-electron chi connectivity index (χ1n) is 6.74. The number of amides is 1. The molecule has 0 saturated heterocycles. The molecule has 1 aromatic rings. The predicted octanol–water partition coefficient (Wildman–Crippen LogP) is 2.15. The summed E-state index contributed by atoms with van der Waals surface area (Å²) in [5.74, 6) is 0.306. The maximum absolute atomic E-state index is 12.4. The Hall–Kier alpha value is -1.55. The summed E-state index contributed by atoms with van der Waals surface area (Å²) in [5.41, 5.74) is 6.81. The van der Waals surface area contributed by atoms with Crippen molar-refractivity contribution in [1.82, 2.24) is 4.90 Å². The van der Waals surface area contributed by atoms with E-state index in [0.29, 0.717) is 31.1 Å². The highest BCUT2D eigenvalue weighted by molar-refractivity contribution is 5.96. The topological polar surface area (TPSA) is 66.6 Å². The van der Waals surface area contributed by atoms with Gasteiger partial charge in [-0.05, 0) is 43.5 Å². The maximum atomic E-state index is 12.4. The Morgan fingerprint density at radius 1 is 1.42 bits per heavy atom. The molecule has 4 nitrogen and oxygen atoms in total. The number of nitrogens with two attached hydrogens (primary N) is 1. The van der Waals surface area contributed by atoms with E-state index in [1.54, 1.807) is 17.0 Å². The van der Waals surface area contributed by atoms with E-state index in [1.165, 1.54) is 0 Å². The normalized spacial score (nSPS) is 10.8. The van der Waals surface area contributed by atoms with Crippen molar-refractivity contribution in [3.63, 3.8) is 0 Å². The summed E-state index contributed by atoms with van der Waals surface area (Å²) >= 11 is 0. The Morgan fingerprint density at radius 3 is 2.63 bits per heavy atom. The molecule has 4 heteroatoms. The van der Waals surface area contributed by atoms with Crippen LogP contribution in [0.15, 0.2) is 18.2 Å². The van der Waals surface area contributed by atoms with E-state index in [-0.39, 0.29) is 11.7 Å². The quantitative estimate of drug-likeness (QED) is 0.827. The van der Waals surface area contributed by atoms with Crippen LogP contribution in [-0.2, 0) is 0 Å². The average molecular weight is 264 g/mol. The van der Waals surface area contributed by atoms with Gasteiger partial charge in [-0.25, -0.2) is 0 Å². The molecule has 106 valence electrons. The van der Waals surface area contributed by atoms with Crippen LogP contribution in [0.4, 0.5) is 0 Å². The molecule has 1 aromatic carbocycles. The van der Waals surface area contributed by atoms with Gasteiger partial charge >= 0.3 is 0 Å². The number of rotatable bonds is 6. The number of phenolic OH excluding ortho intramolecular Hbond substituents is 1. The fourth-order valence-corrected chi connectivity index (χ4v) is 1.99. The SMILES string of the molecule is Cc1ccc(C(=O)N(CCCN)CC(C)C)c(O)c1. The van der Waals surface area contributed by atoms with Crippen molar-refractivity contribution in [2.24, 2.45) is 11.7 Å². The lowest BCUT2D eigenvalue weighted by Crippen LogP contribution is -2.35. The fourth-order valence-electron chi connectivity index (χ4n) is 1.99. The second-order valence-electron chi connectivity index (χ2n) is 5.31. The van der Waals surface area contributed by atoms with E-state index in [2.05, 4.69) is 13.8 Å². The molecule has 0 aromatic heterocycles. The van der Waals surface area contributed by atoms with Crippen molar-refractivity contribution in [2.45, 2.75) is 27.2 Å². The van der Waals surface area contributed by atoms with Gasteiger partial charge < -0.3 is 15.7 Å². The number of carbonyl (C=O) groups is 1. The van der Waals surface area contributed by atoms with Crippen LogP contribution in [0.3, 0.4) is 0 Å². The van der Waals surface area contributed by atoms with E-state index >= 15 is 0 Å². The highest BCUT2D eigenvalue weighted by atomic mass is 16.3. The minimum absolute atomic E-state index is 0.0477. The van der Waals surface area contributed by atoms with Crippen LogP contribution in [0, 0.1) is 12.8 Å². The molecule has 0 aliphatic rings. The van der Waals surface area contributed by atoms with Gasteiger partial charge in [0.15, 0.2) is 0 Å². The number of hydrogen-bond acceptors (Lipinski definition) is 3. The fraction of sp³-hybridized carbons (Fsp3) is 0.533. The summed E-state index contributed by atoms with van der Waals surface area (Å²) in [4.78, 5) is 14.2. The minimum Gasteiger partial charge on any atom is -0.507 e. The molecular weight excluding hydrogens is 240 g/mol. The molecule has 0 heterocycles. The largest absolute Gasteiger partial charge is 0.507 e. The van der Waals surface area contributed by atoms with Gasteiger partial charge in [-0.1, -0.05) is 19.9 Å². The first-order valence-corrected chi connectivity index (χ1v) is 6.74. The lowest BCUT2D eigenvalue weighted by Gasteiger charge is -2.25. The molecule has 1 rings (SSSR count). The third-order valence-electron chi connectivity index (χ3n) is 2.89. The average Bonchev–Trinajstić information content (AvgIpc) is 2.33. The van der Waals surface area contributed by atoms with Crippen molar-refractivity contribution in [3.8, 4) is 5.75 Å². The van der Waals surface area contributed by atoms with Crippen LogP contribution in [0.2, 0.25) is 0 Å². The highest BCUT2D eigenvalue weighted by Gasteiger charge is 2.19. The number of hydrogen-bond donors (Lipinski definition) is 2. The first kappa shape index (κ1) is 15.5. The Labute approximate surface area is 115 Å². The third kappa shape index (κ3) is 4.56. The molecule has 3 N–H and O–H groups in total. The predicted molar refractivity (Wildman–Crippen MR) is 77.3 cm³/mol. The number of carbonyl (C=O) groups excluding carboxylic acids is 1. The first-order chi connectivity index (χ1) is 8.95. The number of aromatic hydroxyl groups is 1. The van der Waals surface area contributed by atoms with Gasteiger partial charge in [-0.15, -0.1) is 0 Å². The molecule has 0 bridgehead atoms. The molecule has 0 atom stereocenters. The monoisotopic (exact) mass is 264 g/mol. The number of aryl methyl sites for hydroxylation is 1. The van der Waals surface area contributed by atoms with Gasteiger partial charge in [0.1, 0.15) is 5.75 Å². The molecule has 19 heavy (non-hydrogen) atoms. The van der Waals surface area contributed by atoms with Crippen molar-refractivity contribution in [1.29, 1.82) is 0 Å². The van der Waals surface area contributed by atoms with Gasteiger partial charge in [0.25, 0.3) is 5.91 Å². The second-order valence-corrected chi connectivity index (χ2v) is 5.31. The van der Waals surface area contributed by atoms with Crippen LogP contribution < -0.4 is 5.73 Å². The third-order valence-corrected chi connectivity index (χ3v) is 2.89. The molecule has 0 radical (unpaired) electrons.